The number of esters is 1. The van der Waals surface area contributed by atoms with Crippen LogP contribution in [0.4, 0.5) is 0 Å². The Kier molecular flexibility index (Phi) is 6.26. The normalized spacial score (nSPS) is 11.8. The summed E-state index contributed by atoms with van der Waals surface area (Å²) >= 11 is 0. The second-order valence-electron chi connectivity index (χ2n) is 5.81. The standard InChI is InChI=1S/C19H21NO5S/c1-5-26(24)16-9-7-6-8-14(16)19(23)25-10-15(22)18-11(2)17(13(4)21)12(3)20-18/h6-9,20H,5,10H2,1-4H3/t26-/m0/s1. The van der Waals surface area contributed by atoms with E-state index in [-0.39, 0.29) is 17.0 Å². The lowest BCUT2D eigenvalue weighted by Gasteiger charge is -2.08. The number of ketones is 2. The van der Waals surface area contributed by atoms with Crippen molar-refractivity contribution in [1.82, 2.24) is 4.98 Å². The quantitative estimate of drug-likeness (QED) is 0.593. The molecular formula is C19H21NO5S. The average molecular weight is 375 g/mol. The molecule has 6 nitrogen and oxygen atoms in total. The number of H-pyrrole nitrogens is 1. The summed E-state index contributed by atoms with van der Waals surface area (Å²) in [5.74, 6) is -0.898. The minimum absolute atomic E-state index is 0.136. The van der Waals surface area contributed by atoms with Crippen LogP contribution < -0.4 is 0 Å². The molecule has 2 rings (SSSR count). The molecule has 0 fully saturated rings. The summed E-state index contributed by atoms with van der Waals surface area (Å²) in [6.45, 7) is 6.11. The van der Waals surface area contributed by atoms with Crippen LogP contribution in [-0.4, -0.2) is 39.1 Å². The first kappa shape index (κ1) is 19.8. The minimum atomic E-state index is -1.31. The molecule has 0 aliphatic heterocycles. The van der Waals surface area contributed by atoms with Crippen LogP contribution in [0.3, 0.4) is 0 Å². The van der Waals surface area contributed by atoms with Gasteiger partial charge in [0, 0.05) is 17.0 Å². The number of Topliss-reactive ketones (excluding diaryl/α,β-unsaturated/α-hetero) is 2. The summed E-state index contributed by atoms with van der Waals surface area (Å²) in [5, 5.41) is 0. The van der Waals surface area contributed by atoms with Gasteiger partial charge in [0.1, 0.15) is 0 Å². The third-order valence-corrected chi connectivity index (χ3v) is 5.39. The zero-order valence-corrected chi connectivity index (χ0v) is 16.0. The van der Waals surface area contributed by atoms with Gasteiger partial charge < -0.3 is 9.72 Å². The Labute approximate surface area is 154 Å². The van der Waals surface area contributed by atoms with Gasteiger partial charge in [-0.2, -0.15) is 0 Å². The van der Waals surface area contributed by atoms with Crippen molar-refractivity contribution in [3.8, 4) is 0 Å². The van der Waals surface area contributed by atoms with E-state index < -0.39 is 29.2 Å². The zero-order valence-electron chi connectivity index (χ0n) is 15.2. The molecular weight excluding hydrogens is 354 g/mol. The maximum Gasteiger partial charge on any atom is 0.339 e. The van der Waals surface area contributed by atoms with Crippen LogP contribution in [0.1, 0.15) is 56.3 Å². The van der Waals surface area contributed by atoms with E-state index in [9.17, 15) is 18.6 Å². The highest BCUT2D eigenvalue weighted by atomic mass is 32.2. The highest BCUT2D eigenvalue weighted by Gasteiger charge is 2.22. The zero-order chi connectivity index (χ0) is 19.4. The van der Waals surface area contributed by atoms with Crippen LogP contribution in [0.25, 0.3) is 0 Å². The van der Waals surface area contributed by atoms with Crippen molar-refractivity contribution >= 4 is 28.3 Å². The van der Waals surface area contributed by atoms with Crippen molar-refractivity contribution in [3.63, 3.8) is 0 Å². The van der Waals surface area contributed by atoms with E-state index >= 15 is 0 Å². The molecule has 2 aromatic rings. The number of hydrogen-bond donors (Lipinski definition) is 1. The number of nitrogens with one attached hydrogen (secondary N) is 1. The fraction of sp³-hybridized carbons (Fsp3) is 0.316. The van der Waals surface area contributed by atoms with E-state index in [0.29, 0.717) is 27.5 Å². The third kappa shape index (κ3) is 3.99. The smallest absolute Gasteiger partial charge is 0.339 e. The highest BCUT2D eigenvalue weighted by molar-refractivity contribution is 7.85. The van der Waals surface area contributed by atoms with Crippen molar-refractivity contribution < 1.29 is 23.3 Å². The molecule has 0 radical (unpaired) electrons. The van der Waals surface area contributed by atoms with Gasteiger partial charge in [0.2, 0.25) is 5.78 Å². The molecule has 1 aromatic carbocycles. The van der Waals surface area contributed by atoms with Crippen molar-refractivity contribution in [2.75, 3.05) is 12.4 Å². The first-order chi connectivity index (χ1) is 12.3. The number of aromatic nitrogens is 1. The van der Waals surface area contributed by atoms with Crippen LogP contribution in [0.5, 0.6) is 0 Å². The molecule has 1 N–H and O–H groups in total. The molecule has 0 spiro atoms. The summed E-state index contributed by atoms with van der Waals surface area (Å²) in [6.07, 6.45) is 0. The predicted molar refractivity (Wildman–Crippen MR) is 98.3 cm³/mol. The maximum atomic E-state index is 12.4. The number of aromatic amines is 1. The Morgan fingerprint density at radius 3 is 2.38 bits per heavy atom. The molecule has 0 unspecified atom stereocenters. The van der Waals surface area contributed by atoms with Gasteiger partial charge in [-0.3, -0.25) is 13.8 Å². The number of aryl methyl sites for hydroxylation is 1. The second kappa shape index (κ2) is 8.23. The molecule has 138 valence electrons. The third-order valence-electron chi connectivity index (χ3n) is 4.02. The molecule has 0 saturated carbocycles. The van der Waals surface area contributed by atoms with E-state index in [4.69, 9.17) is 4.74 Å². The Balaban J connectivity index is 2.16. The number of benzene rings is 1. The van der Waals surface area contributed by atoms with Gasteiger partial charge in [-0.1, -0.05) is 19.1 Å². The van der Waals surface area contributed by atoms with Crippen molar-refractivity contribution in [2.45, 2.75) is 32.6 Å². The van der Waals surface area contributed by atoms with E-state index in [0.717, 1.165) is 0 Å². The Morgan fingerprint density at radius 1 is 1.15 bits per heavy atom. The van der Waals surface area contributed by atoms with Crippen molar-refractivity contribution in [3.05, 3.63) is 52.3 Å². The molecule has 1 aromatic heterocycles. The van der Waals surface area contributed by atoms with Crippen molar-refractivity contribution in [2.24, 2.45) is 0 Å². The molecule has 0 aliphatic carbocycles. The van der Waals surface area contributed by atoms with Crippen LogP contribution in [-0.2, 0) is 15.5 Å². The van der Waals surface area contributed by atoms with Crippen LogP contribution in [0.15, 0.2) is 29.2 Å². The van der Waals surface area contributed by atoms with Gasteiger partial charge in [-0.15, -0.1) is 0 Å². The Morgan fingerprint density at radius 2 is 1.81 bits per heavy atom. The summed E-state index contributed by atoms with van der Waals surface area (Å²) in [5.41, 5.74) is 2.07. The van der Waals surface area contributed by atoms with Crippen LogP contribution in [0, 0.1) is 13.8 Å². The molecule has 1 atom stereocenters. The lowest BCUT2D eigenvalue weighted by molar-refractivity contribution is 0.0469. The van der Waals surface area contributed by atoms with E-state index in [1.165, 1.54) is 13.0 Å². The summed E-state index contributed by atoms with van der Waals surface area (Å²) in [7, 11) is -1.31. The number of hydrogen-bond acceptors (Lipinski definition) is 5. The molecule has 7 heteroatoms. The first-order valence-corrected chi connectivity index (χ1v) is 9.47. The number of rotatable bonds is 7. The van der Waals surface area contributed by atoms with Crippen LogP contribution >= 0.6 is 0 Å². The largest absolute Gasteiger partial charge is 0.454 e. The number of carbonyl (C=O) groups is 3. The maximum absolute atomic E-state index is 12.4. The van der Waals surface area contributed by atoms with Gasteiger partial charge in [-0.05, 0) is 38.5 Å². The van der Waals surface area contributed by atoms with Gasteiger partial charge >= 0.3 is 5.97 Å². The lowest BCUT2D eigenvalue weighted by atomic mass is 10.1. The molecule has 0 aliphatic rings. The minimum Gasteiger partial charge on any atom is -0.454 e. The molecule has 0 amide bonds. The number of carbonyl (C=O) groups excluding carboxylic acids is 3. The monoisotopic (exact) mass is 375 g/mol. The lowest BCUT2D eigenvalue weighted by Crippen LogP contribution is -2.17. The highest BCUT2D eigenvalue weighted by Crippen LogP contribution is 2.20. The van der Waals surface area contributed by atoms with Gasteiger partial charge in [0.25, 0.3) is 0 Å². The fourth-order valence-electron chi connectivity index (χ4n) is 2.83. The summed E-state index contributed by atoms with van der Waals surface area (Å²) in [4.78, 5) is 39.6. The number of ether oxygens (including phenoxy) is 1. The van der Waals surface area contributed by atoms with E-state index in [1.807, 2.05) is 0 Å². The van der Waals surface area contributed by atoms with Gasteiger partial charge in [0.05, 0.1) is 27.0 Å². The summed E-state index contributed by atoms with van der Waals surface area (Å²) in [6, 6.07) is 6.47. The Hall–Kier alpha value is -2.54. The SMILES string of the molecule is CC[S@](=O)c1ccccc1C(=O)OCC(=O)c1[nH]c(C)c(C(C)=O)c1C. The first-order valence-electron chi connectivity index (χ1n) is 8.15. The van der Waals surface area contributed by atoms with E-state index in [1.54, 1.807) is 39.0 Å². The van der Waals surface area contributed by atoms with Gasteiger partial charge in [0.15, 0.2) is 12.4 Å². The van der Waals surface area contributed by atoms with Gasteiger partial charge in [-0.25, -0.2) is 4.79 Å². The molecule has 26 heavy (non-hydrogen) atoms. The Bertz CT molecular complexity index is 897. The fourth-order valence-corrected chi connectivity index (χ4v) is 3.77. The topological polar surface area (TPSA) is 93.3 Å². The predicted octanol–water partition coefficient (Wildman–Crippen LogP) is 3.00. The average Bonchev–Trinajstić information content (AvgIpc) is 2.93. The van der Waals surface area contributed by atoms with Crippen LogP contribution in [0.2, 0.25) is 0 Å². The molecule has 1 heterocycles. The van der Waals surface area contributed by atoms with Crippen molar-refractivity contribution in [1.29, 1.82) is 0 Å². The summed E-state index contributed by atoms with van der Waals surface area (Å²) < 4.78 is 17.2. The molecule has 0 bridgehead atoms. The van der Waals surface area contributed by atoms with E-state index in [2.05, 4.69) is 4.98 Å². The second-order valence-corrected chi connectivity index (χ2v) is 7.52. The molecule has 0 saturated heterocycles.